The summed E-state index contributed by atoms with van der Waals surface area (Å²) in [6.45, 7) is 4.72. The van der Waals surface area contributed by atoms with Gasteiger partial charge in [0.05, 0.1) is 18.9 Å². The molecule has 1 spiro atoms. The average molecular weight is 488 g/mol. The minimum Gasteiger partial charge on any atom is -0.378 e. The molecule has 6 rings (SSSR count). The van der Waals surface area contributed by atoms with Crippen LogP contribution in [0.15, 0.2) is 24.5 Å². The Bertz CT molecular complexity index is 1220. The summed E-state index contributed by atoms with van der Waals surface area (Å²) < 4.78 is 47.2. The first-order chi connectivity index (χ1) is 16.9. The van der Waals surface area contributed by atoms with Gasteiger partial charge in [0.1, 0.15) is 17.0 Å². The van der Waals surface area contributed by atoms with Gasteiger partial charge in [0.25, 0.3) is 0 Å². The van der Waals surface area contributed by atoms with E-state index in [0.717, 1.165) is 63.9 Å². The summed E-state index contributed by atoms with van der Waals surface area (Å²) in [7, 11) is 0. The quantitative estimate of drug-likeness (QED) is 0.515. The van der Waals surface area contributed by atoms with E-state index in [2.05, 4.69) is 35.5 Å². The highest BCUT2D eigenvalue weighted by Gasteiger charge is 2.41. The summed E-state index contributed by atoms with van der Waals surface area (Å²) in [5.74, 6) is 1.00. The van der Waals surface area contributed by atoms with Gasteiger partial charge in [0.15, 0.2) is 0 Å². The molecule has 1 aliphatic carbocycles. The fraction of sp³-hybridized carbons (Fsp3) is 0.542. The molecule has 0 amide bonds. The van der Waals surface area contributed by atoms with Crippen molar-refractivity contribution < 1.29 is 17.9 Å². The van der Waals surface area contributed by atoms with Gasteiger partial charge in [-0.1, -0.05) is 0 Å². The minimum absolute atomic E-state index is 0.141. The number of H-pyrrole nitrogens is 1. The largest absolute Gasteiger partial charge is 0.419 e. The first-order valence-electron chi connectivity index (χ1n) is 12.1. The van der Waals surface area contributed by atoms with E-state index in [4.69, 9.17) is 4.74 Å². The third-order valence-electron chi connectivity index (χ3n) is 7.58. The predicted molar refractivity (Wildman–Crippen MR) is 126 cm³/mol. The van der Waals surface area contributed by atoms with Gasteiger partial charge in [-0.15, -0.1) is 0 Å². The summed E-state index contributed by atoms with van der Waals surface area (Å²) in [6, 6.07) is 3.80. The maximum Gasteiger partial charge on any atom is 0.419 e. The summed E-state index contributed by atoms with van der Waals surface area (Å²) in [5, 5.41) is 7.33. The van der Waals surface area contributed by atoms with Crippen molar-refractivity contribution in [2.24, 2.45) is 5.41 Å². The highest BCUT2D eigenvalue weighted by atomic mass is 19.4. The number of nitrogens with zero attached hydrogens (tertiary/aromatic N) is 4. The number of halogens is 3. The van der Waals surface area contributed by atoms with Crippen molar-refractivity contribution in [3.63, 3.8) is 0 Å². The van der Waals surface area contributed by atoms with E-state index < -0.39 is 11.7 Å². The molecule has 1 saturated carbocycles. The number of alkyl halides is 3. The Morgan fingerprint density at radius 1 is 1.14 bits per heavy atom. The summed E-state index contributed by atoms with van der Waals surface area (Å²) in [4.78, 5) is 18.2. The Hall–Kier alpha value is -2.92. The molecule has 3 aromatic heterocycles. The van der Waals surface area contributed by atoms with Crippen LogP contribution in [0.5, 0.6) is 0 Å². The van der Waals surface area contributed by atoms with Crippen molar-refractivity contribution >= 4 is 22.8 Å². The number of aromatic amines is 1. The van der Waals surface area contributed by atoms with E-state index in [0.29, 0.717) is 29.8 Å². The molecule has 5 heterocycles. The van der Waals surface area contributed by atoms with E-state index in [1.165, 1.54) is 0 Å². The fourth-order valence-corrected chi connectivity index (χ4v) is 5.72. The van der Waals surface area contributed by atoms with Gasteiger partial charge in [-0.2, -0.15) is 13.2 Å². The van der Waals surface area contributed by atoms with Gasteiger partial charge in [-0.3, -0.25) is 0 Å². The lowest BCUT2D eigenvalue weighted by Crippen LogP contribution is -2.36. The monoisotopic (exact) mass is 487 g/mol. The number of rotatable bonds is 4. The van der Waals surface area contributed by atoms with E-state index in [-0.39, 0.29) is 23.1 Å². The lowest BCUT2D eigenvalue weighted by atomic mass is 9.85. The Morgan fingerprint density at radius 3 is 2.77 bits per heavy atom. The summed E-state index contributed by atoms with van der Waals surface area (Å²) in [5.41, 5.74) is 0.174. The highest BCUT2D eigenvalue weighted by molar-refractivity contribution is 5.94. The van der Waals surface area contributed by atoms with Gasteiger partial charge in [0.2, 0.25) is 5.95 Å². The zero-order valence-electron chi connectivity index (χ0n) is 19.3. The van der Waals surface area contributed by atoms with Gasteiger partial charge >= 0.3 is 6.18 Å². The molecule has 0 bridgehead atoms. The van der Waals surface area contributed by atoms with Crippen LogP contribution in [0.2, 0.25) is 0 Å². The molecule has 3 N–H and O–H groups in total. The number of morpholine rings is 1. The van der Waals surface area contributed by atoms with Crippen LogP contribution in [-0.4, -0.2) is 65.4 Å². The second kappa shape index (κ2) is 8.63. The summed E-state index contributed by atoms with van der Waals surface area (Å²) >= 11 is 0. The van der Waals surface area contributed by atoms with E-state index in [1.807, 2.05) is 12.1 Å². The first-order valence-corrected chi connectivity index (χ1v) is 12.1. The number of pyridine rings is 1. The molecule has 2 unspecified atom stereocenters. The number of fused-ring (bicyclic) bond motifs is 1. The standard InChI is InChI=1S/C24H28F3N7O/c25-24(26,27)18-13-30-22(31-15-3-4-23(11-15)5-6-28-14-23)33-20(18)17-12-29-21-16(17)1-2-19(32-21)34-7-9-35-10-8-34/h1-2,12-13,15,28H,3-11,14H2,(H,29,32)(H,30,31,33). The van der Waals surface area contributed by atoms with E-state index in [9.17, 15) is 13.2 Å². The van der Waals surface area contributed by atoms with Crippen molar-refractivity contribution in [3.8, 4) is 11.3 Å². The molecule has 186 valence electrons. The minimum atomic E-state index is -4.58. The molecule has 3 fully saturated rings. The molecule has 0 aromatic carbocycles. The van der Waals surface area contributed by atoms with Gasteiger partial charge in [0, 0.05) is 49.0 Å². The third-order valence-corrected chi connectivity index (χ3v) is 7.58. The van der Waals surface area contributed by atoms with Crippen LogP contribution < -0.4 is 15.5 Å². The lowest BCUT2D eigenvalue weighted by molar-refractivity contribution is -0.137. The number of ether oxygens (including phenoxy) is 1. The molecule has 8 nitrogen and oxygen atoms in total. The van der Waals surface area contributed by atoms with Crippen molar-refractivity contribution in [1.29, 1.82) is 0 Å². The molecule has 2 aliphatic heterocycles. The van der Waals surface area contributed by atoms with Crippen molar-refractivity contribution in [3.05, 3.63) is 30.1 Å². The van der Waals surface area contributed by atoms with Crippen LogP contribution in [0.1, 0.15) is 31.2 Å². The molecule has 3 aromatic rings. The zero-order chi connectivity index (χ0) is 24.0. The fourth-order valence-electron chi connectivity index (χ4n) is 5.72. The van der Waals surface area contributed by atoms with E-state index >= 15 is 0 Å². The number of hydrogen-bond acceptors (Lipinski definition) is 7. The average Bonchev–Trinajstić information content (AvgIpc) is 3.59. The maximum atomic E-state index is 13.9. The van der Waals surface area contributed by atoms with Crippen LogP contribution in [0, 0.1) is 5.41 Å². The molecule has 35 heavy (non-hydrogen) atoms. The number of hydrogen-bond donors (Lipinski definition) is 3. The normalized spacial score (nSPS) is 25.1. The van der Waals surface area contributed by atoms with Crippen LogP contribution >= 0.6 is 0 Å². The molecule has 11 heteroatoms. The Kier molecular flexibility index (Phi) is 5.56. The predicted octanol–water partition coefficient (Wildman–Crippen LogP) is 3.82. The number of nitrogens with one attached hydrogen (secondary N) is 3. The lowest BCUT2D eigenvalue weighted by Gasteiger charge is -2.27. The molecular formula is C24H28F3N7O. The van der Waals surface area contributed by atoms with Crippen LogP contribution in [0.25, 0.3) is 22.3 Å². The van der Waals surface area contributed by atoms with Gasteiger partial charge in [-0.25, -0.2) is 15.0 Å². The van der Waals surface area contributed by atoms with Gasteiger partial charge in [-0.05, 0) is 49.8 Å². The third kappa shape index (κ3) is 4.31. The Balaban J connectivity index is 1.32. The van der Waals surface area contributed by atoms with Gasteiger partial charge < -0.3 is 25.3 Å². The molecule has 0 radical (unpaired) electrons. The van der Waals surface area contributed by atoms with E-state index in [1.54, 1.807) is 6.20 Å². The highest BCUT2D eigenvalue weighted by Crippen LogP contribution is 2.44. The van der Waals surface area contributed by atoms with Crippen molar-refractivity contribution in [1.82, 2.24) is 25.3 Å². The molecular weight excluding hydrogens is 459 g/mol. The van der Waals surface area contributed by atoms with Crippen LogP contribution in [-0.2, 0) is 10.9 Å². The summed E-state index contributed by atoms with van der Waals surface area (Å²) in [6.07, 6.45) is 2.04. The SMILES string of the molecule is FC(F)(F)c1cnc(NC2CCC3(CCNC3)C2)nc1-c1c[nH]c2nc(N3CCOCC3)ccc12. The Labute approximate surface area is 200 Å². The first kappa shape index (κ1) is 22.5. The smallest absolute Gasteiger partial charge is 0.378 e. The van der Waals surface area contributed by atoms with Crippen molar-refractivity contribution in [2.75, 3.05) is 49.6 Å². The topological polar surface area (TPSA) is 91.0 Å². The second-order valence-electron chi connectivity index (χ2n) is 9.83. The zero-order valence-corrected chi connectivity index (χ0v) is 19.3. The van der Waals surface area contributed by atoms with Crippen LogP contribution in [0.3, 0.4) is 0 Å². The van der Waals surface area contributed by atoms with Crippen molar-refractivity contribution in [2.45, 2.75) is 37.9 Å². The molecule has 2 atom stereocenters. The number of anilines is 2. The maximum absolute atomic E-state index is 13.9. The molecule has 3 aliphatic rings. The number of aromatic nitrogens is 4. The van der Waals surface area contributed by atoms with Crippen LogP contribution in [0.4, 0.5) is 24.9 Å². The second-order valence-corrected chi connectivity index (χ2v) is 9.83. The molecule has 2 saturated heterocycles. The Morgan fingerprint density at radius 2 is 2.00 bits per heavy atom.